The van der Waals surface area contributed by atoms with Crippen LogP contribution in [0.15, 0.2) is 11.6 Å². The van der Waals surface area contributed by atoms with Crippen LogP contribution in [0.25, 0.3) is 0 Å². The number of rotatable bonds is 5. The third-order valence-electron chi connectivity index (χ3n) is 9.60. The van der Waals surface area contributed by atoms with Crippen molar-refractivity contribution >= 4 is 16.4 Å². The molecule has 0 heterocycles. The molecule has 0 aromatic carbocycles. The van der Waals surface area contributed by atoms with E-state index in [0.29, 0.717) is 30.6 Å². The molecule has 4 aliphatic rings. The molecule has 176 valence electrons. The summed E-state index contributed by atoms with van der Waals surface area (Å²) >= 11 is 0. The van der Waals surface area contributed by atoms with Crippen molar-refractivity contribution in [2.24, 2.45) is 40.4 Å². The first-order valence-electron chi connectivity index (χ1n) is 11.6. The molecule has 0 bridgehead atoms. The summed E-state index contributed by atoms with van der Waals surface area (Å²) in [5.74, 6) is 0.575. The fraction of sp³-hybridized carbons (Fsp3) is 0.870. The Bertz CT molecular complexity index is 867. The number of hydrogen-bond acceptors (Lipinski definition) is 5. The summed E-state index contributed by atoms with van der Waals surface area (Å²) in [4.78, 5) is 11.3. The van der Waals surface area contributed by atoms with Crippen LogP contribution in [0.2, 0.25) is 0 Å². The van der Waals surface area contributed by atoms with Crippen molar-refractivity contribution in [3.05, 3.63) is 11.6 Å². The third kappa shape index (κ3) is 3.98. The minimum absolute atomic E-state index is 0.0456. The largest absolute Gasteiger partial charge is 0.481 e. The number of aliphatic hydroxyl groups is 1. The SMILES string of the molecule is C[C@H](CC(=O)O)[C@H]1CC[C@H]2[C@@H]3C(O)C=C4CC(OS(=O)(=O)O)CC[C@]4(C)[C@H]3CC[C@]12C. The van der Waals surface area contributed by atoms with Crippen LogP contribution in [-0.4, -0.2) is 41.4 Å². The van der Waals surface area contributed by atoms with E-state index in [2.05, 4.69) is 20.8 Å². The molecule has 8 heteroatoms. The van der Waals surface area contributed by atoms with Crippen molar-refractivity contribution in [3.8, 4) is 0 Å². The van der Waals surface area contributed by atoms with E-state index >= 15 is 0 Å². The standard InChI is InChI=1S/C23H36O7S/c1-13(10-20(25)26)16-4-5-17-21-18(7-9-23(16,17)3)22(2)8-6-15(30-31(27,28)29)11-14(22)12-19(21)24/h12-13,15-19,21,24H,4-11H2,1-3H3,(H,25,26)(H,27,28,29)/t13-,15?,16-,17+,18+,19?,21+,22+,23-/m1/s1. The van der Waals surface area contributed by atoms with Crippen molar-refractivity contribution in [2.45, 2.75) is 84.3 Å². The average molecular weight is 457 g/mol. The number of hydrogen-bond donors (Lipinski definition) is 3. The third-order valence-corrected chi connectivity index (χ3v) is 10.1. The predicted molar refractivity (Wildman–Crippen MR) is 114 cm³/mol. The van der Waals surface area contributed by atoms with E-state index in [0.717, 1.165) is 37.7 Å². The Morgan fingerprint density at radius 2 is 1.90 bits per heavy atom. The van der Waals surface area contributed by atoms with E-state index in [4.69, 9.17) is 8.74 Å². The molecule has 3 N–H and O–H groups in total. The molecule has 7 nitrogen and oxygen atoms in total. The maximum absolute atomic E-state index is 11.3. The Morgan fingerprint density at radius 1 is 1.19 bits per heavy atom. The normalized spacial score (nSPS) is 45.8. The highest BCUT2D eigenvalue weighted by Gasteiger charge is 2.61. The average Bonchev–Trinajstić information content (AvgIpc) is 2.98. The van der Waals surface area contributed by atoms with Crippen LogP contribution < -0.4 is 0 Å². The first kappa shape index (κ1) is 23.2. The van der Waals surface area contributed by atoms with E-state index in [9.17, 15) is 23.4 Å². The smallest absolute Gasteiger partial charge is 0.397 e. The summed E-state index contributed by atoms with van der Waals surface area (Å²) in [5.41, 5.74) is 0.998. The van der Waals surface area contributed by atoms with Crippen molar-refractivity contribution in [3.63, 3.8) is 0 Å². The second-order valence-electron chi connectivity index (χ2n) is 11.1. The summed E-state index contributed by atoms with van der Waals surface area (Å²) in [6, 6.07) is 0. The monoisotopic (exact) mass is 456 g/mol. The number of carboxylic acids is 1. The zero-order valence-electron chi connectivity index (χ0n) is 18.7. The molecular weight excluding hydrogens is 420 g/mol. The zero-order chi connectivity index (χ0) is 22.8. The molecule has 0 spiro atoms. The number of aliphatic carboxylic acids is 1. The summed E-state index contributed by atoms with van der Waals surface area (Å²) in [6.45, 7) is 6.62. The summed E-state index contributed by atoms with van der Waals surface area (Å²) in [6.07, 6.45) is 6.77. The van der Waals surface area contributed by atoms with Crippen molar-refractivity contribution in [1.29, 1.82) is 0 Å². The second-order valence-corrected chi connectivity index (χ2v) is 12.1. The van der Waals surface area contributed by atoms with Gasteiger partial charge in [-0.25, -0.2) is 4.18 Å². The highest BCUT2D eigenvalue weighted by atomic mass is 32.3. The van der Waals surface area contributed by atoms with Gasteiger partial charge in [0.15, 0.2) is 0 Å². The lowest BCUT2D eigenvalue weighted by atomic mass is 9.46. The lowest BCUT2D eigenvalue weighted by molar-refractivity contribution is -0.139. The Kier molecular flexibility index (Phi) is 5.85. The Hall–Kier alpha value is -0.960. The van der Waals surface area contributed by atoms with E-state index < -0.39 is 28.6 Å². The van der Waals surface area contributed by atoms with Gasteiger partial charge in [-0.1, -0.05) is 32.4 Å². The van der Waals surface area contributed by atoms with Gasteiger partial charge < -0.3 is 10.2 Å². The van der Waals surface area contributed by atoms with Crippen molar-refractivity contribution in [2.75, 3.05) is 0 Å². The van der Waals surface area contributed by atoms with E-state index in [1.165, 1.54) is 0 Å². The van der Waals surface area contributed by atoms with E-state index in [-0.39, 0.29) is 29.1 Å². The quantitative estimate of drug-likeness (QED) is 0.424. The van der Waals surface area contributed by atoms with Crippen molar-refractivity contribution < 1.29 is 32.2 Å². The minimum Gasteiger partial charge on any atom is -0.481 e. The fourth-order valence-electron chi connectivity index (χ4n) is 8.26. The van der Waals surface area contributed by atoms with Gasteiger partial charge in [-0.2, -0.15) is 8.42 Å². The zero-order valence-corrected chi connectivity index (χ0v) is 19.5. The molecule has 3 saturated carbocycles. The predicted octanol–water partition coefficient (Wildman–Crippen LogP) is 3.84. The molecule has 0 aromatic heterocycles. The van der Waals surface area contributed by atoms with Gasteiger partial charge in [0.25, 0.3) is 0 Å². The lowest BCUT2D eigenvalue weighted by Crippen LogP contribution is -2.55. The number of fused-ring (bicyclic) bond motifs is 5. The molecule has 0 radical (unpaired) electrons. The van der Waals surface area contributed by atoms with Gasteiger partial charge >= 0.3 is 16.4 Å². The minimum atomic E-state index is -4.49. The maximum atomic E-state index is 11.3. The lowest BCUT2D eigenvalue weighted by Gasteiger charge is -2.59. The van der Waals surface area contributed by atoms with Gasteiger partial charge in [-0.3, -0.25) is 9.35 Å². The summed E-state index contributed by atoms with van der Waals surface area (Å²) in [7, 11) is -4.49. The molecule has 0 saturated heterocycles. The van der Waals surface area contributed by atoms with Crippen LogP contribution in [0.3, 0.4) is 0 Å². The molecular formula is C23H36O7S. The molecule has 0 aromatic rings. The molecule has 9 atom stereocenters. The van der Waals surface area contributed by atoms with Crippen molar-refractivity contribution in [1.82, 2.24) is 0 Å². The van der Waals surface area contributed by atoms with E-state index in [1.807, 2.05) is 6.08 Å². The molecule has 0 aliphatic heterocycles. The van der Waals surface area contributed by atoms with Gasteiger partial charge in [0.1, 0.15) is 0 Å². The van der Waals surface area contributed by atoms with Crippen LogP contribution >= 0.6 is 0 Å². The van der Waals surface area contributed by atoms with Crippen LogP contribution in [0, 0.1) is 40.4 Å². The summed E-state index contributed by atoms with van der Waals surface area (Å²) < 4.78 is 36.3. The highest BCUT2D eigenvalue weighted by Crippen LogP contribution is 2.67. The number of aliphatic hydroxyl groups excluding tert-OH is 1. The summed E-state index contributed by atoms with van der Waals surface area (Å²) in [5, 5.41) is 20.5. The Morgan fingerprint density at radius 3 is 2.55 bits per heavy atom. The van der Waals surface area contributed by atoms with Crippen LogP contribution in [0.4, 0.5) is 0 Å². The molecule has 4 aliphatic carbocycles. The Balaban J connectivity index is 1.59. The molecule has 31 heavy (non-hydrogen) atoms. The van der Waals surface area contributed by atoms with Gasteiger partial charge in [-0.05, 0) is 85.4 Å². The van der Waals surface area contributed by atoms with Gasteiger partial charge in [0, 0.05) is 6.42 Å². The Labute approximate surface area is 185 Å². The first-order chi connectivity index (χ1) is 14.3. The maximum Gasteiger partial charge on any atom is 0.397 e. The molecule has 3 fully saturated rings. The number of carboxylic acid groups (broad SMARTS) is 1. The molecule has 2 unspecified atom stereocenters. The molecule has 4 rings (SSSR count). The van der Waals surface area contributed by atoms with Crippen LogP contribution in [0.5, 0.6) is 0 Å². The van der Waals surface area contributed by atoms with Gasteiger partial charge in [-0.15, -0.1) is 0 Å². The van der Waals surface area contributed by atoms with Crippen LogP contribution in [-0.2, 0) is 19.4 Å². The second kappa shape index (κ2) is 7.82. The topological polar surface area (TPSA) is 121 Å². The van der Waals surface area contributed by atoms with E-state index in [1.54, 1.807) is 0 Å². The number of carbonyl (C=O) groups is 1. The first-order valence-corrected chi connectivity index (χ1v) is 13.0. The molecule has 0 amide bonds. The van der Waals surface area contributed by atoms with Gasteiger partial charge in [0.2, 0.25) is 0 Å². The highest BCUT2D eigenvalue weighted by molar-refractivity contribution is 7.80. The van der Waals surface area contributed by atoms with Gasteiger partial charge in [0.05, 0.1) is 12.2 Å². The fourth-order valence-corrected chi connectivity index (χ4v) is 8.77. The van der Waals surface area contributed by atoms with Crippen LogP contribution in [0.1, 0.15) is 72.1 Å².